The van der Waals surface area contributed by atoms with E-state index in [1.165, 1.54) is 0 Å². The number of benzene rings is 1. The zero-order chi connectivity index (χ0) is 12.4. The fourth-order valence-corrected chi connectivity index (χ4v) is 2.87. The number of hydrogen-bond donors (Lipinski definition) is 1. The lowest BCUT2D eigenvalue weighted by Gasteiger charge is -2.29. The van der Waals surface area contributed by atoms with E-state index < -0.39 is 19.6 Å². The smallest absolute Gasteiger partial charge is 0.166 e. The lowest BCUT2D eigenvalue weighted by atomic mass is 10.1. The summed E-state index contributed by atoms with van der Waals surface area (Å²) in [6, 6.07) is 8.77. The van der Waals surface area contributed by atoms with Gasteiger partial charge in [0.1, 0.15) is 6.10 Å². The Morgan fingerprint density at radius 3 is 2.25 bits per heavy atom. The quantitative estimate of drug-likeness (QED) is 0.868. The van der Waals surface area contributed by atoms with E-state index in [1.54, 1.807) is 31.2 Å². The summed E-state index contributed by atoms with van der Waals surface area (Å²) in [5.74, 6) is 0. The fraction of sp³-hybridized carbons (Fsp3) is 0.455. The topological polar surface area (TPSA) is 54.4 Å². The molecule has 0 aliphatic rings. The molecule has 3 nitrogen and oxygen atoms in total. The maximum absolute atomic E-state index is 11.7. The van der Waals surface area contributed by atoms with Gasteiger partial charge < -0.3 is 5.11 Å². The Morgan fingerprint density at radius 2 is 1.88 bits per heavy atom. The molecule has 2 atom stereocenters. The molecule has 0 bridgehead atoms. The molecule has 0 aliphatic carbocycles. The molecule has 1 rings (SSSR count). The summed E-state index contributed by atoms with van der Waals surface area (Å²) < 4.78 is 22.1. The van der Waals surface area contributed by atoms with Gasteiger partial charge in [0.15, 0.2) is 13.5 Å². The van der Waals surface area contributed by atoms with Crippen LogP contribution in [0.1, 0.15) is 25.0 Å². The van der Waals surface area contributed by atoms with E-state index in [2.05, 4.69) is 15.9 Å². The minimum Gasteiger partial charge on any atom is -0.386 e. The molecule has 1 aromatic rings. The van der Waals surface area contributed by atoms with Gasteiger partial charge in [0, 0.05) is 6.26 Å². The van der Waals surface area contributed by atoms with Gasteiger partial charge in [-0.25, -0.2) is 8.42 Å². The highest BCUT2D eigenvalue weighted by Gasteiger charge is 2.44. The van der Waals surface area contributed by atoms with E-state index in [4.69, 9.17) is 0 Å². The summed E-state index contributed by atoms with van der Waals surface area (Å²) in [7, 11) is -3.40. The van der Waals surface area contributed by atoms with Gasteiger partial charge in [-0.2, -0.15) is 0 Å². The van der Waals surface area contributed by atoms with Gasteiger partial charge in [0.05, 0.1) is 0 Å². The van der Waals surface area contributed by atoms with Gasteiger partial charge in [0.25, 0.3) is 0 Å². The van der Waals surface area contributed by atoms with Gasteiger partial charge in [-0.3, -0.25) is 0 Å². The lowest BCUT2D eigenvalue weighted by Crippen LogP contribution is -2.37. The van der Waals surface area contributed by atoms with Crippen LogP contribution in [0.4, 0.5) is 0 Å². The highest BCUT2D eigenvalue weighted by atomic mass is 79.9. The van der Waals surface area contributed by atoms with E-state index in [1.807, 2.05) is 6.07 Å². The van der Waals surface area contributed by atoms with Crippen molar-refractivity contribution in [2.45, 2.75) is 23.1 Å². The first kappa shape index (κ1) is 13.7. The maximum Gasteiger partial charge on any atom is 0.166 e. The molecule has 0 saturated heterocycles. The van der Waals surface area contributed by atoms with Crippen LogP contribution in [0, 0.1) is 0 Å². The van der Waals surface area contributed by atoms with Crippen molar-refractivity contribution in [3.05, 3.63) is 35.9 Å². The van der Waals surface area contributed by atoms with Crippen LogP contribution in [-0.2, 0) is 9.84 Å². The number of aliphatic hydroxyl groups excluding tert-OH is 1. The average molecular weight is 307 g/mol. The monoisotopic (exact) mass is 306 g/mol. The van der Waals surface area contributed by atoms with Gasteiger partial charge >= 0.3 is 0 Å². The predicted molar refractivity (Wildman–Crippen MR) is 68.2 cm³/mol. The van der Waals surface area contributed by atoms with Crippen molar-refractivity contribution in [1.82, 2.24) is 0 Å². The summed E-state index contributed by atoms with van der Waals surface area (Å²) in [5.41, 5.74) is 0.589. The summed E-state index contributed by atoms with van der Waals surface area (Å²) >= 11 is 3.17. The number of hydrogen-bond acceptors (Lipinski definition) is 3. The van der Waals surface area contributed by atoms with Crippen molar-refractivity contribution in [2.75, 3.05) is 6.26 Å². The zero-order valence-electron chi connectivity index (χ0n) is 9.22. The second-order valence-corrected chi connectivity index (χ2v) is 7.94. The molecule has 1 N–H and O–H groups in total. The average Bonchev–Trinajstić information content (AvgIpc) is 2.26. The van der Waals surface area contributed by atoms with Gasteiger partial charge in [-0.15, -0.1) is 0 Å². The van der Waals surface area contributed by atoms with Gasteiger partial charge in [0.2, 0.25) is 0 Å². The van der Waals surface area contributed by atoms with Crippen LogP contribution in [0.15, 0.2) is 30.3 Å². The number of aliphatic hydroxyl groups is 1. The van der Waals surface area contributed by atoms with E-state index in [0.717, 1.165) is 6.26 Å². The molecular formula is C11H15BrO3S. The van der Waals surface area contributed by atoms with Crippen molar-refractivity contribution < 1.29 is 13.5 Å². The SMILES string of the molecule is CCC(Br)(C(O)c1ccccc1)S(C)(=O)=O. The van der Waals surface area contributed by atoms with Gasteiger partial charge in [-0.05, 0) is 12.0 Å². The summed E-state index contributed by atoms with van der Waals surface area (Å²) in [4.78, 5) is 0. The molecule has 2 unspecified atom stereocenters. The summed E-state index contributed by atoms with van der Waals surface area (Å²) in [6.45, 7) is 1.72. The van der Waals surface area contributed by atoms with Crippen molar-refractivity contribution in [2.24, 2.45) is 0 Å². The van der Waals surface area contributed by atoms with Crippen LogP contribution in [-0.4, -0.2) is 23.4 Å². The van der Waals surface area contributed by atoms with E-state index >= 15 is 0 Å². The van der Waals surface area contributed by atoms with Crippen LogP contribution < -0.4 is 0 Å². The minimum absolute atomic E-state index is 0.294. The maximum atomic E-state index is 11.7. The molecule has 16 heavy (non-hydrogen) atoms. The minimum atomic E-state index is -3.40. The third-order valence-electron chi connectivity index (χ3n) is 2.62. The van der Waals surface area contributed by atoms with Crippen molar-refractivity contribution in [3.8, 4) is 0 Å². The van der Waals surface area contributed by atoms with E-state index in [0.29, 0.717) is 12.0 Å². The Kier molecular flexibility index (Phi) is 4.15. The van der Waals surface area contributed by atoms with E-state index in [-0.39, 0.29) is 0 Å². The standard InChI is InChI=1S/C11H15BrO3S/c1-3-11(12,16(2,14)15)10(13)9-7-5-4-6-8-9/h4-8,10,13H,3H2,1-2H3. The third kappa shape index (κ3) is 2.47. The molecule has 0 fully saturated rings. The predicted octanol–water partition coefficient (Wildman–Crippen LogP) is 2.27. The van der Waals surface area contributed by atoms with Crippen LogP contribution in [0.3, 0.4) is 0 Å². The summed E-state index contributed by atoms with van der Waals surface area (Å²) in [5, 5.41) is 10.1. The highest BCUT2D eigenvalue weighted by molar-refractivity contribution is 9.11. The van der Waals surface area contributed by atoms with Crippen molar-refractivity contribution >= 4 is 25.8 Å². The Morgan fingerprint density at radius 1 is 1.38 bits per heavy atom. The molecule has 0 spiro atoms. The molecule has 0 amide bonds. The second kappa shape index (κ2) is 4.85. The molecule has 0 aliphatic heterocycles. The Balaban J connectivity index is 3.18. The first-order valence-electron chi connectivity index (χ1n) is 4.94. The third-order valence-corrected chi connectivity index (χ3v) is 7.13. The molecule has 5 heteroatoms. The number of alkyl halides is 1. The Labute approximate surface area is 105 Å². The Bertz CT molecular complexity index is 444. The number of halogens is 1. The molecule has 0 saturated carbocycles. The molecule has 1 aromatic carbocycles. The lowest BCUT2D eigenvalue weighted by molar-refractivity contribution is 0.160. The second-order valence-electron chi connectivity index (χ2n) is 3.73. The molecule has 90 valence electrons. The molecular weight excluding hydrogens is 292 g/mol. The largest absolute Gasteiger partial charge is 0.386 e. The van der Waals surface area contributed by atoms with Crippen molar-refractivity contribution in [3.63, 3.8) is 0 Å². The Hall–Kier alpha value is -0.390. The first-order valence-corrected chi connectivity index (χ1v) is 7.63. The van der Waals surface area contributed by atoms with Crippen LogP contribution in [0.25, 0.3) is 0 Å². The first-order chi connectivity index (χ1) is 7.33. The van der Waals surface area contributed by atoms with Crippen molar-refractivity contribution in [1.29, 1.82) is 0 Å². The highest BCUT2D eigenvalue weighted by Crippen LogP contribution is 2.40. The number of sulfone groups is 1. The molecule has 0 heterocycles. The zero-order valence-corrected chi connectivity index (χ0v) is 11.6. The summed E-state index contributed by atoms with van der Waals surface area (Å²) in [6.07, 6.45) is 0.341. The van der Waals surface area contributed by atoms with Crippen LogP contribution in [0.2, 0.25) is 0 Å². The van der Waals surface area contributed by atoms with Gasteiger partial charge in [-0.1, -0.05) is 53.2 Å². The fourth-order valence-electron chi connectivity index (χ4n) is 1.54. The van der Waals surface area contributed by atoms with Crippen LogP contribution >= 0.6 is 15.9 Å². The van der Waals surface area contributed by atoms with E-state index in [9.17, 15) is 13.5 Å². The number of rotatable bonds is 4. The normalized spacial score (nSPS) is 17.8. The molecule has 0 radical (unpaired) electrons. The molecule has 0 aromatic heterocycles. The van der Waals surface area contributed by atoms with Crippen LogP contribution in [0.5, 0.6) is 0 Å².